The number of amides is 2. The first-order valence-electron chi connectivity index (χ1n) is 8.26. The lowest BCUT2D eigenvalue weighted by Crippen LogP contribution is -2.34. The zero-order valence-electron chi connectivity index (χ0n) is 15.2. The number of aliphatic hydroxyl groups excluding tert-OH is 1. The molecular formula is C18H26N4O3. The normalized spacial score (nSPS) is 10.8. The number of carbonyl (C=O) groups is 1. The van der Waals surface area contributed by atoms with Gasteiger partial charge in [0.1, 0.15) is 0 Å². The first-order valence-corrected chi connectivity index (χ1v) is 8.26. The molecule has 0 saturated carbocycles. The summed E-state index contributed by atoms with van der Waals surface area (Å²) in [6, 6.07) is 7.81. The topological polar surface area (TPSA) is 79.6 Å². The van der Waals surface area contributed by atoms with E-state index in [0.29, 0.717) is 19.0 Å². The standard InChI is InChI=1S/C18H26N4O3/c1-13-9-14(2)11-16(10-13)22-15(3)12-17(20-22)19-18(24)21(4)5-7-25-8-6-23/h9-12,23H,5-8H2,1-4H3,(H,19,20,24). The third-order valence-electron chi connectivity index (χ3n) is 3.73. The lowest BCUT2D eigenvalue weighted by atomic mass is 10.1. The number of nitrogens with one attached hydrogen (secondary N) is 1. The number of carbonyl (C=O) groups excluding carboxylic acids is 1. The van der Waals surface area contributed by atoms with E-state index in [2.05, 4.69) is 28.6 Å². The van der Waals surface area contributed by atoms with Gasteiger partial charge in [0, 0.05) is 25.4 Å². The molecule has 0 saturated heterocycles. The van der Waals surface area contributed by atoms with E-state index in [1.54, 1.807) is 7.05 Å². The van der Waals surface area contributed by atoms with Crippen molar-refractivity contribution in [3.8, 4) is 5.69 Å². The molecule has 1 aromatic carbocycles. The summed E-state index contributed by atoms with van der Waals surface area (Å²) < 4.78 is 6.99. The van der Waals surface area contributed by atoms with Crippen molar-refractivity contribution in [2.75, 3.05) is 38.7 Å². The van der Waals surface area contributed by atoms with Crippen LogP contribution in [0.5, 0.6) is 0 Å². The minimum atomic E-state index is -0.252. The molecule has 0 bridgehead atoms. The lowest BCUT2D eigenvalue weighted by molar-refractivity contribution is 0.0833. The zero-order valence-corrected chi connectivity index (χ0v) is 15.2. The summed E-state index contributed by atoms with van der Waals surface area (Å²) in [5, 5.41) is 15.9. The van der Waals surface area contributed by atoms with Gasteiger partial charge in [0.25, 0.3) is 0 Å². The largest absolute Gasteiger partial charge is 0.394 e. The maximum atomic E-state index is 12.2. The van der Waals surface area contributed by atoms with Gasteiger partial charge in [-0.15, -0.1) is 5.10 Å². The van der Waals surface area contributed by atoms with Gasteiger partial charge in [-0.2, -0.15) is 0 Å². The molecule has 1 heterocycles. The molecule has 0 unspecified atom stereocenters. The number of benzene rings is 1. The van der Waals surface area contributed by atoms with Crippen LogP contribution in [0.25, 0.3) is 5.69 Å². The predicted molar refractivity (Wildman–Crippen MR) is 97.3 cm³/mol. The molecule has 0 radical (unpaired) electrons. The monoisotopic (exact) mass is 346 g/mol. The van der Waals surface area contributed by atoms with Crippen LogP contribution < -0.4 is 5.32 Å². The second kappa shape index (κ2) is 8.64. The van der Waals surface area contributed by atoms with Crippen LogP contribution in [0.1, 0.15) is 16.8 Å². The second-order valence-electron chi connectivity index (χ2n) is 6.12. The fourth-order valence-electron chi connectivity index (χ4n) is 2.54. The minimum absolute atomic E-state index is 0.0228. The van der Waals surface area contributed by atoms with E-state index >= 15 is 0 Å². The quantitative estimate of drug-likeness (QED) is 0.754. The molecule has 0 aliphatic carbocycles. The summed E-state index contributed by atoms with van der Waals surface area (Å²) in [6.07, 6.45) is 0. The molecular weight excluding hydrogens is 320 g/mol. The average molecular weight is 346 g/mol. The Morgan fingerprint density at radius 2 is 1.88 bits per heavy atom. The number of hydrogen-bond acceptors (Lipinski definition) is 4. The molecule has 2 amide bonds. The van der Waals surface area contributed by atoms with E-state index in [-0.39, 0.29) is 19.2 Å². The van der Waals surface area contributed by atoms with Gasteiger partial charge in [0.15, 0.2) is 5.82 Å². The molecule has 7 nitrogen and oxygen atoms in total. The lowest BCUT2D eigenvalue weighted by Gasteiger charge is -2.16. The van der Waals surface area contributed by atoms with Gasteiger partial charge < -0.3 is 14.7 Å². The summed E-state index contributed by atoms with van der Waals surface area (Å²) in [5.41, 5.74) is 4.24. The predicted octanol–water partition coefficient (Wildman–Crippen LogP) is 2.27. The van der Waals surface area contributed by atoms with Gasteiger partial charge >= 0.3 is 6.03 Å². The van der Waals surface area contributed by atoms with E-state index in [0.717, 1.165) is 22.5 Å². The van der Waals surface area contributed by atoms with Crippen LogP contribution in [0.4, 0.5) is 10.6 Å². The van der Waals surface area contributed by atoms with Crippen molar-refractivity contribution in [2.45, 2.75) is 20.8 Å². The number of anilines is 1. The highest BCUT2D eigenvalue weighted by Gasteiger charge is 2.13. The van der Waals surface area contributed by atoms with Crippen LogP contribution in [0.3, 0.4) is 0 Å². The number of nitrogens with zero attached hydrogens (tertiary/aromatic N) is 3. The van der Waals surface area contributed by atoms with E-state index in [1.807, 2.05) is 31.5 Å². The number of hydrogen-bond donors (Lipinski definition) is 2. The van der Waals surface area contributed by atoms with Gasteiger partial charge in [-0.05, 0) is 44.0 Å². The van der Waals surface area contributed by atoms with Crippen molar-refractivity contribution in [1.82, 2.24) is 14.7 Å². The molecule has 1 aromatic heterocycles. The molecule has 7 heteroatoms. The molecule has 0 atom stereocenters. The molecule has 2 N–H and O–H groups in total. The highest BCUT2D eigenvalue weighted by molar-refractivity contribution is 5.88. The van der Waals surface area contributed by atoms with Crippen molar-refractivity contribution >= 4 is 11.8 Å². The van der Waals surface area contributed by atoms with Crippen LogP contribution in [-0.4, -0.2) is 59.2 Å². The van der Waals surface area contributed by atoms with Crippen LogP contribution in [0, 0.1) is 20.8 Å². The molecule has 0 spiro atoms. The molecule has 25 heavy (non-hydrogen) atoms. The van der Waals surface area contributed by atoms with E-state index in [1.165, 1.54) is 4.90 Å². The Hall–Kier alpha value is -2.38. The number of ether oxygens (including phenoxy) is 1. The maximum Gasteiger partial charge on any atom is 0.322 e. The van der Waals surface area contributed by atoms with Crippen molar-refractivity contribution in [3.63, 3.8) is 0 Å². The SMILES string of the molecule is Cc1cc(C)cc(-n2nc(NC(=O)N(C)CCOCCO)cc2C)c1. The zero-order chi connectivity index (χ0) is 18.4. The second-order valence-corrected chi connectivity index (χ2v) is 6.12. The van der Waals surface area contributed by atoms with Crippen LogP contribution in [0.15, 0.2) is 24.3 Å². The van der Waals surface area contributed by atoms with Crippen molar-refractivity contribution < 1.29 is 14.6 Å². The van der Waals surface area contributed by atoms with Gasteiger partial charge in [0.2, 0.25) is 0 Å². The van der Waals surface area contributed by atoms with Gasteiger partial charge in [-0.25, -0.2) is 9.48 Å². The Kier molecular flexibility index (Phi) is 6.55. The Bertz CT molecular complexity index is 707. The molecule has 0 aliphatic rings. The Morgan fingerprint density at radius 1 is 1.20 bits per heavy atom. The number of aromatic nitrogens is 2. The van der Waals surface area contributed by atoms with E-state index in [9.17, 15) is 4.79 Å². The number of likely N-dealkylation sites (N-methyl/N-ethyl adjacent to an activating group) is 1. The number of rotatable bonds is 7. The van der Waals surface area contributed by atoms with E-state index < -0.39 is 0 Å². The number of aliphatic hydroxyl groups is 1. The highest BCUT2D eigenvalue weighted by atomic mass is 16.5. The molecule has 2 rings (SSSR count). The smallest absolute Gasteiger partial charge is 0.322 e. The van der Waals surface area contributed by atoms with Crippen LogP contribution in [-0.2, 0) is 4.74 Å². The van der Waals surface area contributed by atoms with Crippen LogP contribution >= 0.6 is 0 Å². The molecule has 2 aromatic rings. The summed E-state index contributed by atoms with van der Waals surface area (Å²) in [4.78, 5) is 13.7. The van der Waals surface area contributed by atoms with Crippen LogP contribution in [0.2, 0.25) is 0 Å². The molecule has 0 aliphatic heterocycles. The first kappa shape index (κ1) is 19.0. The summed E-state index contributed by atoms with van der Waals surface area (Å²) in [7, 11) is 1.69. The van der Waals surface area contributed by atoms with Gasteiger partial charge in [0.05, 0.1) is 25.5 Å². The highest BCUT2D eigenvalue weighted by Crippen LogP contribution is 2.18. The minimum Gasteiger partial charge on any atom is -0.394 e. The first-order chi connectivity index (χ1) is 11.9. The Labute approximate surface area is 148 Å². The maximum absolute atomic E-state index is 12.2. The van der Waals surface area contributed by atoms with Gasteiger partial charge in [-0.1, -0.05) is 6.07 Å². The Balaban J connectivity index is 2.03. The van der Waals surface area contributed by atoms with E-state index in [4.69, 9.17) is 9.84 Å². The van der Waals surface area contributed by atoms with Gasteiger partial charge in [-0.3, -0.25) is 5.32 Å². The Morgan fingerprint density at radius 3 is 2.52 bits per heavy atom. The number of aryl methyl sites for hydroxylation is 3. The fraction of sp³-hybridized carbons (Fsp3) is 0.444. The van der Waals surface area contributed by atoms with Crippen molar-refractivity contribution in [1.29, 1.82) is 0 Å². The third-order valence-corrected chi connectivity index (χ3v) is 3.73. The summed E-state index contributed by atoms with van der Waals surface area (Å²) in [6.45, 7) is 7.10. The van der Waals surface area contributed by atoms with Crippen molar-refractivity contribution in [2.24, 2.45) is 0 Å². The summed E-state index contributed by atoms with van der Waals surface area (Å²) in [5.74, 6) is 0.504. The molecule has 0 fully saturated rings. The fourth-order valence-corrected chi connectivity index (χ4v) is 2.54. The molecule has 136 valence electrons. The average Bonchev–Trinajstić information content (AvgIpc) is 2.90. The summed E-state index contributed by atoms with van der Waals surface area (Å²) >= 11 is 0. The third kappa shape index (κ3) is 5.30. The van der Waals surface area contributed by atoms with Crippen molar-refractivity contribution in [3.05, 3.63) is 41.1 Å². The number of urea groups is 1.